The summed E-state index contributed by atoms with van der Waals surface area (Å²) in [7, 11) is 0. The summed E-state index contributed by atoms with van der Waals surface area (Å²) in [6.07, 6.45) is 0.832. The Labute approximate surface area is 114 Å². The second kappa shape index (κ2) is 4.35. The third-order valence-corrected chi connectivity index (χ3v) is 3.67. The summed E-state index contributed by atoms with van der Waals surface area (Å²) in [5.74, 6) is -0.157. The summed E-state index contributed by atoms with van der Waals surface area (Å²) >= 11 is 6.14. The van der Waals surface area contributed by atoms with Gasteiger partial charge in [0.1, 0.15) is 11.0 Å². The van der Waals surface area contributed by atoms with Gasteiger partial charge in [0.25, 0.3) is 0 Å². The number of hydrogen-bond donors (Lipinski definition) is 1. The summed E-state index contributed by atoms with van der Waals surface area (Å²) in [4.78, 5) is 27.6. The molecule has 1 aliphatic rings. The molecule has 1 unspecified atom stereocenters. The molecule has 1 aliphatic heterocycles. The fourth-order valence-corrected chi connectivity index (χ4v) is 2.79. The molecule has 0 aromatic carbocycles. The van der Waals surface area contributed by atoms with E-state index in [-0.39, 0.29) is 17.7 Å². The third-order valence-electron chi connectivity index (χ3n) is 3.38. The van der Waals surface area contributed by atoms with Gasteiger partial charge in [0.2, 0.25) is 11.8 Å². The van der Waals surface area contributed by atoms with Gasteiger partial charge in [-0.1, -0.05) is 17.7 Å². The summed E-state index contributed by atoms with van der Waals surface area (Å²) in [5, 5.41) is 2.91. The van der Waals surface area contributed by atoms with E-state index in [2.05, 4.69) is 10.3 Å². The van der Waals surface area contributed by atoms with E-state index in [1.54, 1.807) is 10.5 Å². The van der Waals surface area contributed by atoms with Crippen LogP contribution in [0.25, 0.3) is 5.52 Å². The monoisotopic (exact) mass is 277 g/mol. The third kappa shape index (κ3) is 1.90. The minimum Gasteiger partial charge on any atom is -0.296 e. The molecular formula is C13H12ClN3O2. The van der Waals surface area contributed by atoms with Gasteiger partial charge in [-0.3, -0.25) is 19.3 Å². The number of amides is 2. The standard InChI is InChI=1S/C13H12ClN3O2/c1-7-15-12(8-5-6-11(18)16-13(8)19)9-3-2-4-10(14)17(7)9/h2-4,8H,5-6H2,1H3,(H,16,18,19). The summed E-state index contributed by atoms with van der Waals surface area (Å²) in [6, 6.07) is 5.48. The Bertz CT molecular complexity index is 692. The average molecular weight is 278 g/mol. The molecule has 1 N–H and O–H groups in total. The summed E-state index contributed by atoms with van der Waals surface area (Å²) in [6.45, 7) is 1.84. The van der Waals surface area contributed by atoms with Crippen molar-refractivity contribution in [1.82, 2.24) is 14.7 Å². The highest BCUT2D eigenvalue weighted by molar-refractivity contribution is 6.29. The molecule has 0 saturated carbocycles. The molecule has 2 aromatic rings. The Balaban J connectivity index is 2.13. The molecule has 6 heteroatoms. The van der Waals surface area contributed by atoms with E-state index in [0.29, 0.717) is 23.7 Å². The van der Waals surface area contributed by atoms with Gasteiger partial charge in [-0.25, -0.2) is 4.98 Å². The van der Waals surface area contributed by atoms with Crippen molar-refractivity contribution in [3.8, 4) is 0 Å². The Hall–Kier alpha value is -1.88. The summed E-state index contributed by atoms with van der Waals surface area (Å²) in [5.41, 5.74) is 1.50. The largest absolute Gasteiger partial charge is 0.296 e. The maximum Gasteiger partial charge on any atom is 0.235 e. The van der Waals surface area contributed by atoms with Gasteiger partial charge in [-0.2, -0.15) is 0 Å². The molecule has 1 fully saturated rings. The number of nitrogens with one attached hydrogen (secondary N) is 1. The van der Waals surface area contributed by atoms with Crippen molar-refractivity contribution in [2.45, 2.75) is 25.7 Å². The van der Waals surface area contributed by atoms with E-state index in [0.717, 1.165) is 11.3 Å². The van der Waals surface area contributed by atoms with Crippen molar-refractivity contribution in [1.29, 1.82) is 0 Å². The predicted molar refractivity (Wildman–Crippen MR) is 70.1 cm³/mol. The SMILES string of the molecule is Cc1nc(C2CCC(=O)NC2=O)c2cccc(Cl)n12. The molecule has 0 spiro atoms. The van der Waals surface area contributed by atoms with Crippen molar-refractivity contribution >= 4 is 28.9 Å². The molecule has 0 aliphatic carbocycles. The zero-order valence-corrected chi connectivity index (χ0v) is 11.1. The van der Waals surface area contributed by atoms with Crippen molar-refractivity contribution in [2.24, 2.45) is 0 Å². The van der Waals surface area contributed by atoms with Gasteiger partial charge in [0, 0.05) is 6.42 Å². The first-order valence-corrected chi connectivity index (χ1v) is 6.43. The van der Waals surface area contributed by atoms with Crippen molar-refractivity contribution in [3.63, 3.8) is 0 Å². The lowest BCUT2D eigenvalue weighted by Crippen LogP contribution is -2.39. The Morgan fingerprint density at radius 2 is 2.21 bits per heavy atom. The van der Waals surface area contributed by atoms with Gasteiger partial charge >= 0.3 is 0 Å². The second-order valence-corrected chi connectivity index (χ2v) is 5.00. The van der Waals surface area contributed by atoms with Crippen LogP contribution in [0.3, 0.4) is 0 Å². The van der Waals surface area contributed by atoms with E-state index >= 15 is 0 Å². The first kappa shape index (κ1) is 12.2. The van der Waals surface area contributed by atoms with E-state index in [4.69, 9.17) is 11.6 Å². The molecule has 98 valence electrons. The van der Waals surface area contributed by atoms with Crippen LogP contribution < -0.4 is 5.32 Å². The highest BCUT2D eigenvalue weighted by atomic mass is 35.5. The number of fused-ring (bicyclic) bond motifs is 1. The quantitative estimate of drug-likeness (QED) is 0.639. The number of pyridine rings is 1. The molecule has 5 nitrogen and oxygen atoms in total. The smallest absolute Gasteiger partial charge is 0.235 e. The van der Waals surface area contributed by atoms with Crippen LogP contribution in [0.1, 0.15) is 30.3 Å². The van der Waals surface area contributed by atoms with Crippen LogP contribution in [-0.4, -0.2) is 21.2 Å². The van der Waals surface area contributed by atoms with Crippen molar-refractivity contribution < 1.29 is 9.59 Å². The lowest BCUT2D eigenvalue weighted by atomic mass is 9.94. The highest BCUT2D eigenvalue weighted by Gasteiger charge is 2.31. The molecule has 1 saturated heterocycles. The molecule has 3 heterocycles. The topological polar surface area (TPSA) is 63.5 Å². The molecule has 1 atom stereocenters. The lowest BCUT2D eigenvalue weighted by Gasteiger charge is -2.19. The number of piperidine rings is 1. The van der Waals surface area contributed by atoms with Crippen LogP contribution in [0.4, 0.5) is 0 Å². The lowest BCUT2D eigenvalue weighted by molar-refractivity contribution is -0.134. The Kier molecular flexibility index (Phi) is 2.78. The predicted octanol–water partition coefficient (Wildman–Crippen LogP) is 1.82. The number of nitrogens with zero attached hydrogens (tertiary/aromatic N) is 2. The number of imidazole rings is 1. The fraction of sp³-hybridized carbons (Fsp3) is 0.308. The van der Waals surface area contributed by atoms with E-state index in [1.807, 2.05) is 19.1 Å². The molecule has 0 bridgehead atoms. The molecule has 19 heavy (non-hydrogen) atoms. The number of halogens is 1. The van der Waals surface area contributed by atoms with Crippen LogP contribution in [0.15, 0.2) is 18.2 Å². The van der Waals surface area contributed by atoms with Crippen LogP contribution >= 0.6 is 11.6 Å². The fourth-order valence-electron chi connectivity index (χ4n) is 2.50. The normalized spacial score (nSPS) is 19.8. The Morgan fingerprint density at radius 1 is 1.42 bits per heavy atom. The minimum absolute atomic E-state index is 0.223. The van der Waals surface area contributed by atoms with E-state index < -0.39 is 0 Å². The van der Waals surface area contributed by atoms with Gasteiger partial charge in [-0.05, 0) is 25.5 Å². The van der Waals surface area contributed by atoms with Crippen molar-refractivity contribution in [2.75, 3.05) is 0 Å². The van der Waals surface area contributed by atoms with Gasteiger partial charge in [-0.15, -0.1) is 0 Å². The second-order valence-electron chi connectivity index (χ2n) is 4.62. The molecule has 2 aromatic heterocycles. The minimum atomic E-state index is -0.389. The molecular weight excluding hydrogens is 266 g/mol. The van der Waals surface area contributed by atoms with Crippen LogP contribution in [-0.2, 0) is 9.59 Å². The van der Waals surface area contributed by atoms with E-state index in [9.17, 15) is 9.59 Å². The Morgan fingerprint density at radius 3 is 2.95 bits per heavy atom. The van der Waals surface area contributed by atoms with Crippen molar-refractivity contribution in [3.05, 3.63) is 34.9 Å². The number of aromatic nitrogens is 2. The molecule has 0 radical (unpaired) electrons. The molecule has 3 rings (SSSR count). The van der Waals surface area contributed by atoms with Gasteiger partial charge < -0.3 is 0 Å². The molecule has 2 amide bonds. The van der Waals surface area contributed by atoms with Crippen LogP contribution in [0, 0.1) is 6.92 Å². The zero-order valence-electron chi connectivity index (χ0n) is 10.3. The van der Waals surface area contributed by atoms with E-state index in [1.165, 1.54) is 0 Å². The number of carbonyl (C=O) groups is 2. The number of hydrogen-bond acceptors (Lipinski definition) is 3. The number of aryl methyl sites for hydroxylation is 1. The van der Waals surface area contributed by atoms with Crippen LogP contribution in [0.5, 0.6) is 0 Å². The number of rotatable bonds is 1. The van der Waals surface area contributed by atoms with Gasteiger partial charge in [0.05, 0.1) is 17.1 Å². The first-order valence-electron chi connectivity index (χ1n) is 6.05. The summed E-state index contributed by atoms with van der Waals surface area (Å²) < 4.78 is 1.81. The first-order chi connectivity index (χ1) is 9.08. The average Bonchev–Trinajstić information content (AvgIpc) is 2.68. The maximum atomic E-state index is 11.9. The van der Waals surface area contributed by atoms with Crippen LogP contribution in [0.2, 0.25) is 5.15 Å². The maximum absolute atomic E-state index is 11.9. The highest BCUT2D eigenvalue weighted by Crippen LogP contribution is 2.29. The zero-order chi connectivity index (χ0) is 13.6. The van der Waals surface area contributed by atoms with Gasteiger partial charge in [0.15, 0.2) is 0 Å². The number of imide groups is 1. The number of carbonyl (C=O) groups excluding carboxylic acids is 2.